The maximum absolute atomic E-state index is 13.4. The molecule has 0 aliphatic carbocycles. The van der Waals surface area contributed by atoms with E-state index in [0.717, 1.165) is 6.07 Å². The van der Waals surface area contributed by atoms with E-state index in [1.165, 1.54) is 48.2 Å². The van der Waals surface area contributed by atoms with Crippen LogP contribution in [0.4, 0.5) is 23.7 Å². The fourth-order valence-electron chi connectivity index (χ4n) is 3.70. The summed E-state index contributed by atoms with van der Waals surface area (Å²) in [4.78, 5) is 39.9. The second-order valence-electron chi connectivity index (χ2n) is 7.51. The van der Waals surface area contributed by atoms with E-state index < -0.39 is 41.6 Å². The van der Waals surface area contributed by atoms with Gasteiger partial charge in [0.1, 0.15) is 6.10 Å². The fraction of sp³-hybridized carbons (Fsp3) is 0.217. The van der Waals surface area contributed by atoms with E-state index in [9.17, 15) is 27.6 Å². The maximum atomic E-state index is 13.4. The van der Waals surface area contributed by atoms with Crippen molar-refractivity contribution < 1.29 is 32.2 Å². The highest BCUT2D eigenvalue weighted by molar-refractivity contribution is 5.95. The van der Waals surface area contributed by atoms with Gasteiger partial charge in [-0.3, -0.25) is 14.5 Å². The van der Waals surface area contributed by atoms with Crippen LogP contribution in [0.1, 0.15) is 12.5 Å². The van der Waals surface area contributed by atoms with Crippen LogP contribution in [0.3, 0.4) is 0 Å². The number of ether oxygens (including phenoxy) is 2. The minimum atomic E-state index is -4.59. The summed E-state index contributed by atoms with van der Waals surface area (Å²) in [7, 11) is 0. The van der Waals surface area contributed by atoms with Gasteiger partial charge in [-0.25, -0.2) is 4.79 Å². The van der Waals surface area contributed by atoms with Crippen LogP contribution in [0.15, 0.2) is 53.3 Å². The summed E-state index contributed by atoms with van der Waals surface area (Å²) in [6.07, 6.45) is -6.99. The molecule has 4 rings (SSSR count). The van der Waals surface area contributed by atoms with Crippen LogP contribution in [-0.2, 0) is 20.4 Å². The normalized spacial score (nSPS) is 17.2. The maximum Gasteiger partial charge on any atom is 0.417 e. The second kappa shape index (κ2) is 8.27. The summed E-state index contributed by atoms with van der Waals surface area (Å²) in [5.74, 6) is -0.565. The van der Waals surface area contributed by atoms with Gasteiger partial charge in [-0.2, -0.15) is 13.2 Å². The van der Waals surface area contributed by atoms with Crippen LogP contribution < -0.4 is 10.5 Å². The highest BCUT2D eigenvalue weighted by Gasteiger charge is 2.37. The summed E-state index contributed by atoms with van der Waals surface area (Å²) >= 11 is 0. The molecular formula is C23H18F3N2O5. The van der Waals surface area contributed by atoms with Crippen molar-refractivity contribution >= 4 is 28.5 Å². The van der Waals surface area contributed by atoms with Crippen molar-refractivity contribution in [3.63, 3.8) is 0 Å². The van der Waals surface area contributed by atoms with Gasteiger partial charge in [0.2, 0.25) is 0 Å². The minimum Gasteiger partial charge on any atom is -0.459 e. The van der Waals surface area contributed by atoms with Crippen LogP contribution in [-0.4, -0.2) is 35.8 Å². The van der Waals surface area contributed by atoms with Crippen LogP contribution in [0.25, 0.3) is 22.0 Å². The molecule has 10 heteroatoms. The Labute approximate surface area is 185 Å². The number of fused-ring (bicyclic) bond motifs is 1. The highest BCUT2D eigenvalue weighted by Crippen LogP contribution is 2.36. The average Bonchev–Trinajstić information content (AvgIpc) is 3.14. The largest absolute Gasteiger partial charge is 0.459 e. The molecule has 171 valence electrons. The number of esters is 1. The van der Waals surface area contributed by atoms with Crippen LogP contribution in [0.5, 0.6) is 0 Å². The molecule has 2 aromatic carbocycles. The van der Waals surface area contributed by atoms with Gasteiger partial charge in [0.25, 0.3) is 5.56 Å². The number of anilines is 1. The van der Waals surface area contributed by atoms with Gasteiger partial charge in [-0.1, -0.05) is 24.3 Å². The first-order valence-corrected chi connectivity index (χ1v) is 9.86. The van der Waals surface area contributed by atoms with Gasteiger partial charge in [0.05, 0.1) is 12.1 Å². The fourth-order valence-corrected chi connectivity index (χ4v) is 3.70. The Balaban J connectivity index is 1.69. The Morgan fingerprint density at radius 2 is 1.94 bits per heavy atom. The van der Waals surface area contributed by atoms with Gasteiger partial charge < -0.3 is 14.5 Å². The van der Waals surface area contributed by atoms with Gasteiger partial charge >= 0.3 is 18.2 Å². The number of aromatic nitrogens is 1. The molecule has 33 heavy (non-hydrogen) atoms. The molecule has 0 unspecified atom stereocenters. The van der Waals surface area contributed by atoms with Crippen LogP contribution in [0, 0.1) is 6.92 Å². The lowest BCUT2D eigenvalue weighted by Gasteiger charge is -2.17. The van der Waals surface area contributed by atoms with Crippen LogP contribution in [0.2, 0.25) is 0 Å². The number of carbonyl (C=O) groups excluding carboxylic acids is 2. The standard InChI is InChI=1S/C23H18F3N2O5/c1-12(32-13(2)29)20-11-28(22(31)33-20)15-8-7-14-9-19(27-21(30)17(14)10-15)16-5-3-4-6-18(16)23(24,25)26/h3-10,12,20H,1,11H2,2H3,(H,27,30)/t12-,20-/m0/s1. The van der Waals surface area contributed by atoms with Crippen molar-refractivity contribution in [1.29, 1.82) is 0 Å². The lowest BCUT2D eigenvalue weighted by atomic mass is 10.0. The molecule has 2 heterocycles. The Morgan fingerprint density at radius 1 is 1.21 bits per heavy atom. The van der Waals surface area contributed by atoms with Crippen LogP contribution >= 0.6 is 0 Å². The Bertz CT molecular complexity index is 1300. The number of H-pyrrole nitrogens is 1. The first-order chi connectivity index (χ1) is 15.5. The summed E-state index contributed by atoms with van der Waals surface area (Å²) in [5, 5.41) is 0.580. The van der Waals surface area contributed by atoms with E-state index in [2.05, 4.69) is 11.9 Å². The average molecular weight is 459 g/mol. The number of benzene rings is 2. The zero-order valence-corrected chi connectivity index (χ0v) is 17.3. The monoisotopic (exact) mass is 459 g/mol. The first kappa shape index (κ1) is 22.4. The number of nitrogens with zero attached hydrogens (tertiary/aromatic N) is 1. The summed E-state index contributed by atoms with van der Waals surface area (Å²) in [6, 6.07) is 10.9. The molecule has 2 atom stereocenters. The van der Waals surface area contributed by atoms with Crippen molar-refractivity contribution in [3.05, 3.63) is 71.4 Å². The Hall–Kier alpha value is -3.82. The molecule has 0 spiro atoms. The molecule has 1 fully saturated rings. The number of aromatic amines is 1. The molecule has 1 aliphatic heterocycles. The molecule has 1 radical (unpaired) electrons. The third-order valence-electron chi connectivity index (χ3n) is 5.23. The molecule has 3 aromatic rings. The van der Waals surface area contributed by atoms with E-state index in [0.29, 0.717) is 11.1 Å². The molecule has 1 saturated heterocycles. The van der Waals surface area contributed by atoms with E-state index in [-0.39, 0.29) is 23.2 Å². The molecule has 1 N–H and O–H groups in total. The molecule has 1 aliphatic rings. The predicted octanol–water partition coefficient (Wildman–Crippen LogP) is 4.30. The number of cyclic esters (lactones) is 1. The summed E-state index contributed by atoms with van der Waals surface area (Å²) in [5.41, 5.74) is -1.25. The van der Waals surface area contributed by atoms with Crippen molar-refractivity contribution in [1.82, 2.24) is 4.98 Å². The first-order valence-electron chi connectivity index (χ1n) is 9.86. The molecule has 1 amide bonds. The number of nitrogens with one attached hydrogen (secondary N) is 1. The van der Waals surface area contributed by atoms with Gasteiger partial charge in [-0.15, -0.1) is 0 Å². The lowest BCUT2D eigenvalue weighted by Crippen LogP contribution is -2.32. The molecular weight excluding hydrogens is 441 g/mol. The third kappa shape index (κ3) is 4.41. The molecule has 1 aromatic heterocycles. The number of hydrogen-bond donors (Lipinski definition) is 1. The Kier molecular flexibility index (Phi) is 5.61. The quantitative estimate of drug-likeness (QED) is 0.588. The van der Waals surface area contributed by atoms with Crippen molar-refractivity contribution in [2.24, 2.45) is 0 Å². The SMILES string of the molecule is [CH2][C@H](OC(C)=O)[C@@H]1CN(c2ccc3cc(-c4ccccc4C(F)(F)F)[nH]c(=O)c3c2)C(=O)O1. The molecule has 0 bridgehead atoms. The van der Waals surface area contributed by atoms with Crippen molar-refractivity contribution in [2.75, 3.05) is 11.4 Å². The zero-order chi connectivity index (χ0) is 23.9. The highest BCUT2D eigenvalue weighted by atomic mass is 19.4. The van der Waals surface area contributed by atoms with E-state index in [1.54, 1.807) is 6.07 Å². The predicted molar refractivity (Wildman–Crippen MR) is 114 cm³/mol. The minimum absolute atomic E-state index is 0.0232. The third-order valence-corrected chi connectivity index (χ3v) is 5.23. The summed E-state index contributed by atoms with van der Waals surface area (Å²) < 4.78 is 50.4. The van der Waals surface area contributed by atoms with Gasteiger partial charge in [-0.05, 0) is 36.6 Å². The number of amides is 1. The number of alkyl halides is 3. The van der Waals surface area contributed by atoms with Gasteiger partial charge in [0, 0.05) is 29.3 Å². The smallest absolute Gasteiger partial charge is 0.417 e. The van der Waals surface area contributed by atoms with Crippen molar-refractivity contribution in [2.45, 2.75) is 25.3 Å². The lowest BCUT2D eigenvalue weighted by molar-refractivity contribution is -0.148. The van der Waals surface area contributed by atoms with E-state index >= 15 is 0 Å². The van der Waals surface area contributed by atoms with Crippen molar-refractivity contribution in [3.8, 4) is 11.3 Å². The van der Waals surface area contributed by atoms with E-state index in [4.69, 9.17) is 9.47 Å². The zero-order valence-electron chi connectivity index (χ0n) is 17.3. The number of pyridine rings is 1. The Morgan fingerprint density at radius 3 is 2.64 bits per heavy atom. The molecule has 7 nitrogen and oxygen atoms in total. The number of rotatable bonds is 4. The van der Waals surface area contributed by atoms with E-state index in [1.807, 2.05) is 0 Å². The van der Waals surface area contributed by atoms with Gasteiger partial charge in [0.15, 0.2) is 6.10 Å². The topological polar surface area (TPSA) is 88.7 Å². The number of hydrogen-bond acceptors (Lipinski definition) is 5. The second-order valence-corrected chi connectivity index (χ2v) is 7.51. The molecule has 0 saturated carbocycles. The number of halogens is 3. The summed E-state index contributed by atoms with van der Waals surface area (Å²) in [6.45, 7) is 4.92. The number of carbonyl (C=O) groups is 2.